The first-order chi connectivity index (χ1) is 16.8. The number of likely N-dealkylation sites (tertiary alicyclic amines) is 1. The molecule has 2 aliphatic rings. The molecular formula is C30H33NO3. The molecule has 1 aliphatic carbocycles. The zero-order valence-corrected chi connectivity index (χ0v) is 20.0. The molecule has 0 aromatic heterocycles. The number of allylic oxidation sites excluding steroid dienone is 1. The summed E-state index contributed by atoms with van der Waals surface area (Å²) in [7, 11) is 1.71. The van der Waals surface area contributed by atoms with E-state index in [1.54, 1.807) is 7.11 Å². The van der Waals surface area contributed by atoms with Crippen LogP contribution in [0, 0.1) is 0 Å². The minimum atomic E-state index is 0.512. The van der Waals surface area contributed by atoms with Crippen molar-refractivity contribution in [1.82, 2.24) is 4.90 Å². The monoisotopic (exact) mass is 455 g/mol. The van der Waals surface area contributed by atoms with Crippen molar-refractivity contribution in [3.63, 3.8) is 0 Å². The molecule has 4 nitrogen and oxygen atoms in total. The second-order valence-corrected chi connectivity index (χ2v) is 9.01. The summed E-state index contributed by atoms with van der Waals surface area (Å²) in [5.74, 6) is 2.50. The van der Waals surface area contributed by atoms with Gasteiger partial charge < -0.3 is 14.2 Å². The van der Waals surface area contributed by atoms with Crippen molar-refractivity contribution >= 4 is 5.57 Å². The van der Waals surface area contributed by atoms with Crippen molar-refractivity contribution in [2.24, 2.45) is 0 Å². The van der Waals surface area contributed by atoms with Crippen molar-refractivity contribution in [1.29, 1.82) is 0 Å². The van der Waals surface area contributed by atoms with E-state index in [2.05, 4.69) is 59.5 Å². The maximum Gasteiger partial charge on any atom is 0.162 e. The summed E-state index contributed by atoms with van der Waals surface area (Å²) in [5, 5.41) is 0. The predicted octanol–water partition coefficient (Wildman–Crippen LogP) is 6.13. The van der Waals surface area contributed by atoms with Crippen molar-refractivity contribution in [2.75, 3.05) is 33.4 Å². The summed E-state index contributed by atoms with van der Waals surface area (Å²) in [5.41, 5.74) is 6.10. The van der Waals surface area contributed by atoms with Gasteiger partial charge in [-0.25, -0.2) is 0 Å². The molecule has 0 saturated carbocycles. The smallest absolute Gasteiger partial charge is 0.162 e. The maximum atomic E-state index is 6.19. The molecule has 3 aromatic rings. The molecule has 0 bridgehead atoms. The second kappa shape index (κ2) is 10.8. The Balaban J connectivity index is 1.31. The highest BCUT2D eigenvalue weighted by Gasteiger charge is 2.19. The van der Waals surface area contributed by atoms with Crippen LogP contribution in [0.1, 0.15) is 41.5 Å². The highest BCUT2D eigenvalue weighted by molar-refractivity contribution is 5.84. The highest BCUT2D eigenvalue weighted by Crippen LogP contribution is 2.39. The number of methoxy groups -OCH3 is 1. The quantitative estimate of drug-likeness (QED) is 0.389. The number of aryl methyl sites for hydroxylation is 1. The standard InChI is InChI=1S/C30H33NO3/c1-32-29-20-25-10-7-11-27(28(25)21-30(29)34-22-23-8-3-2-4-9-23)24-12-14-26(15-13-24)33-19-18-31-16-5-6-17-31/h2-4,8-9,11-15,20-21H,5-7,10,16-19,22H2,1H3. The molecule has 0 radical (unpaired) electrons. The van der Waals surface area contributed by atoms with Crippen LogP contribution in [0.5, 0.6) is 17.2 Å². The molecule has 0 spiro atoms. The van der Waals surface area contributed by atoms with Crippen LogP contribution in [0.4, 0.5) is 0 Å². The first kappa shape index (κ1) is 22.5. The first-order valence-electron chi connectivity index (χ1n) is 12.3. The number of rotatable bonds is 9. The number of ether oxygens (including phenoxy) is 3. The van der Waals surface area contributed by atoms with Crippen molar-refractivity contribution < 1.29 is 14.2 Å². The molecule has 176 valence electrons. The summed E-state index contributed by atoms with van der Waals surface area (Å²) < 4.78 is 17.9. The number of hydrogen-bond acceptors (Lipinski definition) is 4. The topological polar surface area (TPSA) is 30.9 Å². The van der Waals surface area contributed by atoms with Gasteiger partial charge in [0.25, 0.3) is 0 Å². The van der Waals surface area contributed by atoms with Crippen LogP contribution in [0.3, 0.4) is 0 Å². The molecule has 0 N–H and O–H groups in total. The fraction of sp³-hybridized carbons (Fsp3) is 0.333. The molecule has 0 amide bonds. The third kappa shape index (κ3) is 5.28. The summed E-state index contributed by atoms with van der Waals surface area (Å²) in [4.78, 5) is 2.48. The molecule has 0 atom stereocenters. The zero-order chi connectivity index (χ0) is 23.2. The minimum absolute atomic E-state index is 0.512. The summed E-state index contributed by atoms with van der Waals surface area (Å²) in [6.07, 6.45) is 6.99. The number of benzene rings is 3. The van der Waals surface area contributed by atoms with Crippen LogP contribution in [0.15, 0.2) is 72.8 Å². The number of hydrogen-bond donors (Lipinski definition) is 0. The lowest BCUT2D eigenvalue weighted by Crippen LogP contribution is -2.25. The Labute approximate surface area is 202 Å². The lowest BCUT2D eigenvalue weighted by atomic mass is 9.86. The Morgan fingerprint density at radius 3 is 2.41 bits per heavy atom. The Hall–Kier alpha value is -3.24. The van der Waals surface area contributed by atoms with Gasteiger partial charge in [0.1, 0.15) is 19.0 Å². The van der Waals surface area contributed by atoms with Gasteiger partial charge in [-0.05, 0) is 90.9 Å². The average Bonchev–Trinajstić information content (AvgIpc) is 3.41. The maximum absolute atomic E-state index is 6.19. The fourth-order valence-corrected chi connectivity index (χ4v) is 4.85. The Bertz CT molecular complexity index is 1120. The van der Waals surface area contributed by atoms with Gasteiger partial charge in [-0.3, -0.25) is 4.90 Å². The molecule has 3 aromatic carbocycles. The van der Waals surface area contributed by atoms with E-state index in [9.17, 15) is 0 Å². The van der Waals surface area contributed by atoms with E-state index in [1.165, 1.54) is 48.2 Å². The SMILES string of the molecule is COc1cc2c(cc1OCc1ccccc1)C(c1ccc(OCCN3CCCC3)cc1)=CCC2. The van der Waals surface area contributed by atoms with E-state index in [-0.39, 0.29) is 0 Å². The van der Waals surface area contributed by atoms with Crippen LogP contribution in [-0.2, 0) is 13.0 Å². The van der Waals surface area contributed by atoms with Crippen molar-refractivity contribution in [2.45, 2.75) is 32.3 Å². The van der Waals surface area contributed by atoms with E-state index in [0.29, 0.717) is 6.61 Å². The van der Waals surface area contributed by atoms with E-state index >= 15 is 0 Å². The Kier molecular flexibility index (Phi) is 7.16. The van der Waals surface area contributed by atoms with Gasteiger partial charge in [0, 0.05) is 6.54 Å². The zero-order valence-electron chi connectivity index (χ0n) is 20.0. The number of nitrogens with zero attached hydrogens (tertiary/aromatic N) is 1. The van der Waals surface area contributed by atoms with Crippen LogP contribution in [0.25, 0.3) is 5.57 Å². The van der Waals surface area contributed by atoms with Gasteiger partial charge in [0.15, 0.2) is 11.5 Å². The predicted molar refractivity (Wildman–Crippen MR) is 137 cm³/mol. The lowest BCUT2D eigenvalue weighted by molar-refractivity contribution is 0.238. The highest BCUT2D eigenvalue weighted by atomic mass is 16.5. The molecule has 5 rings (SSSR count). The third-order valence-corrected chi connectivity index (χ3v) is 6.72. The third-order valence-electron chi connectivity index (χ3n) is 6.72. The summed E-state index contributed by atoms with van der Waals surface area (Å²) >= 11 is 0. The molecule has 4 heteroatoms. The van der Waals surface area contributed by atoms with Gasteiger partial charge in [-0.15, -0.1) is 0 Å². The van der Waals surface area contributed by atoms with E-state index in [1.807, 2.05) is 18.2 Å². The van der Waals surface area contributed by atoms with Gasteiger partial charge in [0.2, 0.25) is 0 Å². The van der Waals surface area contributed by atoms with Crippen LogP contribution in [0.2, 0.25) is 0 Å². The van der Waals surface area contributed by atoms with Crippen LogP contribution in [-0.4, -0.2) is 38.3 Å². The molecule has 34 heavy (non-hydrogen) atoms. The normalized spacial score (nSPS) is 15.5. The van der Waals surface area contributed by atoms with Gasteiger partial charge in [0.05, 0.1) is 7.11 Å². The van der Waals surface area contributed by atoms with E-state index < -0.39 is 0 Å². The van der Waals surface area contributed by atoms with Gasteiger partial charge >= 0.3 is 0 Å². The fourth-order valence-electron chi connectivity index (χ4n) is 4.85. The molecule has 1 saturated heterocycles. The van der Waals surface area contributed by atoms with E-state index in [4.69, 9.17) is 14.2 Å². The number of fused-ring (bicyclic) bond motifs is 1. The van der Waals surface area contributed by atoms with E-state index in [0.717, 1.165) is 48.8 Å². The van der Waals surface area contributed by atoms with Gasteiger partial charge in [-0.1, -0.05) is 48.5 Å². The summed E-state index contributed by atoms with van der Waals surface area (Å²) in [6.45, 7) is 4.68. The molecular weight excluding hydrogens is 422 g/mol. The molecule has 1 fully saturated rings. The van der Waals surface area contributed by atoms with Crippen LogP contribution >= 0.6 is 0 Å². The van der Waals surface area contributed by atoms with Crippen molar-refractivity contribution in [3.05, 3.63) is 95.1 Å². The van der Waals surface area contributed by atoms with Crippen LogP contribution < -0.4 is 14.2 Å². The molecule has 1 heterocycles. The molecule has 0 unspecified atom stereocenters. The second-order valence-electron chi connectivity index (χ2n) is 9.01. The minimum Gasteiger partial charge on any atom is -0.493 e. The van der Waals surface area contributed by atoms with Gasteiger partial charge in [-0.2, -0.15) is 0 Å². The Morgan fingerprint density at radius 1 is 0.853 bits per heavy atom. The largest absolute Gasteiger partial charge is 0.493 e. The average molecular weight is 456 g/mol. The Morgan fingerprint density at radius 2 is 1.65 bits per heavy atom. The lowest BCUT2D eigenvalue weighted by Gasteiger charge is -2.22. The summed E-state index contributed by atoms with van der Waals surface area (Å²) in [6, 6.07) is 23.0. The first-order valence-corrected chi connectivity index (χ1v) is 12.3. The molecule has 1 aliphatic heterocycles. The van der Waals surface area contributed by atoms with Crippen molar-refractivity contribution in [3.8, 4) is 17.2 Å².